The van der Waals surface area contributed by atoms with E-state index >= 15 is 0 Å². The topological polar surface area (TPSA) is 51.2 Å². The first-order chi connectivity index (χ1) is 9.54. The number of aromatic nitrogens is 1. The lowest BCUT2D eigenvalue weighted by Crippen LogP contribution is -2.58. The van der Waals surface area contributed by atoms with E-state index in [0.29, 0.717) is 0 Å². The van der Waals surface area contributed by atoms with Crippen molar-refractivity contribution < 1.29 is 9.53 Å². The fraction of sp³-hybridized carbons (Fsp3) is 0.733. The molecule has 0 unspecified atom stereocenters. The lowest BCUT2D eigenvalue weighted by Gasteiger charge is -2.52. The molecule has 1 N–H and O–H groups in total. The summed E-state index contributed by atoms with van der Waals surface area (Å²) in [5, 5.41) is 6.49. The van der Waals surface area contributed by atoms with Crippen molar-refractivity contribution >= 4 is 17.4 Å². The minimum absolute atomic E-state index is 0.0367. The predicted molar refractivity (Wildman–Crippen MR) is 79.0 cm³/mol. The second-order valence-electron chi connectivity index (χ2n) is 6.48. The van der Waals surface area contributed by atoms with Crippen molar-refractivity contribution in [3.63, 3.8) is 0 Å². The van der Waals surface area contributed by atoms with Gasteiger partial charge in [-0.2, -0.15) is 0 Å². The second-order valence-corrected chi connectivity index (χ2v) is 7.37. The molecular formula is C15H22N2O2S. The smallest absolute Gasteiger partial charge is 0.407 e. The summed E-state index contributed by atoms with van der Waals surface area (Å²) in [7, 11) is 0. The van der Waals surface area contributed by atoms with E-state index in [4.69, 9.17) is 4.74 Å². The number of ether oxygens (including phenoxy) is 1. The SMILES string of the molecule is CC(C)OC(=O)NC12CCC(c3nccs3)(CC1)CC2. The Bertz CT molecular complexity index is 460. The van der Waals surface area contributed by atoms with E-state index in [1.54, 1.807) is 11.3 Å². The van der Waals surface area contributed by atoms with Gasteiger partial charge in [-0.25, -0.2) is 9.78 Å². The van der Waals surface area contributed by atoms with Crippen LogP contribution >= 0.6 is 11.3 Å². The molecule has 1 aromatic heterocycles. The highest BCUT2D eigenvalue weighted by Crippen LogP contribution is 2.53. The van der Waals surface area contributed by atoms with Gasteiger partial charge in [-0.15, -0.1) is 11.3 Å². The molecule has 110 valence electrons. The highest BCUT2D eigenvalue weighted by atomic mass is 32.1. The van der Waals surface area contributed by atoms with Gasteiger partial charge in [0.25, 0.3) is 0 Å². The molecule has 1 heterocycles. The first kappa shape index (κ1) is 13.9. The van der Waals surface area contributed by atoms with E-state index in [1.165, 1.54) is 5.01 Å². The summed E-state index contributed by atoms with van der Waals surface area (Å²) in [5.41, 5.74) is 0.241. The van der Waals surface area contributed by atoms with Crippen molar-refractivity contribution in [2.45, 2.75) is 69.4 Å². The lowest BCUT2D eigenvalue weighted by atomic mass is 9.57. The molecule has 1 aromatic rings. The largest absolute Gasteiger partial charge is 0.447 e. The number of thiazole rings is 1. The molecule has 4 rings (SSSR count). The third-order valence-electron chi connectivity index (χ3n) is 4.84. The van der Waals surface area contributed by atoms with Crippen molar-refractivity contribution in [1.82, 2.24) is 10.3 Å². The number of nitrogens with one attached hydrogen (secondary N) is 1. The van der Waals surface area contributed by atoms with E-state index < -0.39 is 0 Å². The summed E-state index contributed by atoms with van der Waals surface area (Å²) in [4.78, 5) is 16.4. The van der Waals surface area contributed by atoms with E-state index in [-0.39, 0.29) is 23.2 Å². The molecule has 0 saturated heterocycles. The summed E-state index contributed by atoms with van der Waals surface area (Å²) < 4.78 is 5.23. The van der Waals surface area contributed by atoms with Crippen molar-refractivity contribution in [1.29, 1.82) is 0 Å². The molecule has 4 nitrogen and oxygen atoms in total. The van der Waals surface area contributed by atoms with Gasteiger partial charge < -0.3 is 10.1 Å². The Morgan fingerprint density at radius 3 is 2.45 bits per heavy atom. The van der Waals surface area contributed by atoms with E-state index in [9.17, 15) is 4.79 Å². The quantitative estimate of drug-likeness (QED) is 0.926. The van der Waals surface area contributed by atoms with Crippen LogP contribution in [0.3, 0.4) is 0 Å². The van der Waals surface area contributed by atoms with Gasteiger partial charge in [0.15, 0.2) is 0 Å². The maximum atomic E-state index is 11.9. The molecule has 3 saturated carbocycles. The molecule has 20 heavy (non-hydrogen) atoms. The van der Waals surface area contributed by atoms with Gasteiger partial charge in [0, 0.05) is 22.5 Å². The summed E-state index contributed by atoms with van der Waals surface area (Å²) in [5.74, 6) is 0. The number of alkyl carbamates (subject to hydrolysis) is 1. The first-order valence-electron chi connectivity index (χ1n) is 7.42. The maximum Gasteiger partial charge on any atom is 0.407 e. The minimum Gasteiger partial charge on any atom is -0.447 e. The second kappa shape index (κ2) is 5.02. The van der Waals surface area contributed by atoms with E-state index in [1.807, 2.05) is 20.0 Å². The maximum absolute atomic E-state index is 11.9. The van der Waals surface area contributed by atoms with Crippen LogP contribution in [-0.4, -0.2) is 22.7 Å². The number of fused-ring (bicyclic) bond motifs is 3. The van der Waals surface area contributed by atoms with Crippen LogP contribution in [0.2, 0.25) is 0 Å². The summed E-state index contributed by atoms with van der Waals surface area (Å²) in [6.07, 6.45) is 8.09. The van der Waals surface area contributed by atoms with Gasteiger partial charge in [0.1, 0.15) is 0 Å². The van der Waals surface area contributed by atoms with Gasteiger partial charge in [0.05, 0.1) is 11.1 Å². The van der Waals surface area contributed by atoms with Gasteiger partial charge in [-0.1, -0.05) is 0 Å². The van der Waals surface area contributed by atoms with Crippen LogP contribution in [0.25, 0.3) is 0 Å². The molecule has 1 amide bonds. The standard InChI is InChI=1S/C15H22N2O2S/c1-11(2)19-13(18)17-15-6-3-14(4-7-15,5-8-15)12-16-9-10-20-12/h9-11H,3-8H2,1-2H3,(H,17,18). The molecular weight excluding hydrogens is 272 g/mol. The average Bonchev–Trinajstić information content (AvgIpc) is 2.94. The van der Waals surface area contributed by atoms with Crippen LogP contribution in [0.15, 0.2) is 11.6 Å². The zero-order valence-corrected chi connectivity index (χ0v) is 13.0. The Balaban J connectivity index is 1.66. The third kappa shape index (κ3) is 2.43. The Kier molecular flexibility index (Phi) is 3.48. The van der Waals surface area contributed by atoms with Crippen LogP contribution in [0.1, 0.15) is 57.4 Å². The fourth-order valence-electron chi connectivity index (χ4n) is 3.64. The van der Waals surface area contributed by atoms with Gasteiger partial charge in [0.2, 0.25) is 0 Å². The lowest BCUT2D eigenvalue weighted by molar-refractivity contribution is 0.0560. The Morgan fingerprint density at radius 1 is 1.30 bits per heavy atom. The van der Waals surface area contributed by atoms with Gasteiger partial charge >= 0.3 is 6.09 Å². The van der Waals surface area contributed by atoms with E-state index in [0.717, 1.165) is 38.5 Å². The molecule has 0 spiro atoms. The Morgan fingerprint density at radius 2 is 1.95 bits per heavy atom. The number of amides is 1. The molecule has 0 aromatic carbocycles. The summed E-state index contributed by atoms with van der Waals surface area (Å²) >= 11 is 1.78. The van der Waals surface area contributed by atoms with Crippen LogP contribution in [-0.2, 0) is 10.2 Å². The number of hydrogen-bond donors (Lipinski definition) is 1. The Hall–Kier alpha value is -1.10. The predicted octanol–water partition coefficient (Wildman–Crippen LogP) is 3.62. The number of carbonyl (C=O) groups is 1. The molecule has 5 heteroatoms. The van der Waals surface area contributed by atoms with Crippen LogP contribution in [0, 0.1) is 0 Å². The van der Waals surface area contributed by atoms with Crippen LogP contribution < -0.4 is 5.32 Å². The molecule has 3 aliphatic carbocycles. The normalized spacial score (nSPS) is 32.4. The molecule has 0 radical (unpaired) electrons. The first-order valence-corrected chi connectivity index (χ1v) is 8.30. The Labute approximate surface area is 123 Å². The van der Waals surface area contributed by atoms with Gasteiger partial charge in [-0.3, -0.25) is 0 Å². The number of nitrogens with zero attached hydrogens (tertiary/aromatic N) is 1. The van der Waals surface area contributed by atoms with E-state index in [2.05, 4.69) is 15.7 Å². The van der Waals surface area contributed by atoms with Crippen molar-refractivity contribution in [3.8, 4) is 0 Å². The molecule has 3 fully saturated rings. The van der Waals surface area contributed by atoms with Gasteiger partial charge in [-0.05, 0) is 52.4 Å². The van der Waals surface area contributed by atoms with Crippen molar-refractivity contribution in [2.75, 3.05) is 0 Å². The minimum atomic E-state index is -0.261. The average molecular weight is 294 g/mol. The molecule has 0 aliphatic heterocycles. The number of carbonyl (C=O) groups excluding carboxylic acids is 1. The van der Waals surface area contributed by atoms with Crippen molar-refractivity contribution in [2.24, 2.45) is 0 Å². The molecule has 2 bridgehead atoms. The highest BCUT2D eigenvalue weighted by molar-refractivity contribution is 7.09. The van der Waals surface area contributed by atoms with Crippen molar-refractivity contribution in [3.05, 3.63) is 16.6 Å². The summed E-state index contributed by atoms with van der Waals surface area (Å²) in [6.45, 7) is 3.76. The zero-order valence-electron chi connectivity index (χ0n) is 12.1. The molecule has 3 aliphatic rings. The zero-order chi connectivity index (χ0) is 14.2. The highest BCUT2D eigenvalue weighted by Gasteiger charge is 2.51. The summed E-state index contributed by atoms with van der Waals surface area (Å²) in [6, 6.07) is 0. The monoisotopic (exact) mass is 294 g/mol. The molecule has 0 atom stereocenters. The van der Waals surface area contributed by atoms with Crippen LogP contribution in [0.4, 0.5) is 4.79 Å². The fourth-order valence-corrected chi connectivity index (χ4v) is 4.57. The number of rotatable bonds is 3. The third-order valence-corrected chi connectivity index (χ3v) is 5.86. The number of hydrogen-bond acceptors (Lipinski definition) is 4. The van der Waals surface area contributed by atoms with Crippen LogP contribution in [0.5, 0.6) is 0 Å².